The van der Waals surface area contributed by atoms with Crippen LogP contribution in [0, 0.1) is 0 Å². The van der Waals surface area contributed by atoms with Gasteiger partial charge in [0, 0.05) is 5.41 Å². The number of furan rings is 1. The Labute approximate surface area is 86.8 Å². The number of nitrogens with one attached hydrogen (secondary N) is 1. The zero-order valence-corrected chi connectivity index (χ0v) is 9.36. The van der Waals surface area contributed by atoms with Crippen molar-refractivity contribution in [1.82, 2.24) is 5.32 Å². The van der Waals surface area contributed by atoms with Crippen molar-refractivity contribution in [3.8, 4) is 0 Å². The maximum absolute atomic E-state index is 5.61. The van der Waals surface area contributed by atoms with Crippen LogP contribution >= 0.6 is 15.9 Å². The van der Waals surface area contributed by atoms with E-state index in [4.69, 9.17) is 4.42 Å². The molecule has 0 bridgehead atoms. The molecule has 0 atom stereocenters. The second-order valence-electron chi connectivity index (χ2n) is 3.91. The lowest BCUT2D eigenvalue weighted by atomic mass is 9.79. The van der Waals surface area contributed by atoms with E-state index in [0.717, 1.165) is 36.4 Å². The highest BCUT2D eigenvalue weighted by Gasteiger charge is 2.31. The molecule has 0 saturated carbocycles. The maximum atomic E-state index is 5.61. The van der Waals surface area contributed by atoms with Crippen molar-refractivity contribution in [3.05, 3.63) is 22.6 Å². The topological polar surface area (TPSA) is 25.2 Å². The summed E-state index contributed by atoms with van der Waals surface area (Å²) in [5, 5.41) is 3.36. The Morgan fingerprint density at radius 2 is 2.08 bits per heavy atom. The summed E-state index contributed by atoms with van der Waals surface area (Å²) in [5.74, 6) is 1.11. The molecule has 0 amide bonds. The Kier molecular flexibility index (Phi) is 2.47. The van der Waals surface area contributed by atoms with Gasteiger partial charge in [-0.2, -0.15) is 0 Å². The smallest absolute Gasteiger partial charge is 0.169 e. The first-order valence-electron chi connectivity index (χ1n) is 4.67. The molecule has 0 aromatic carbocycles. The summed E-state index contributed by atoms with van der Waals surface area (Å²) in [5.41, 5.74) is 0.233. The highest BCUT2D eigenvalue weighted by Crippen LogP contribution is 2.34. The van der Waals surface area contributed by atoms with Gasteiger partial charge in [0.15, 0.2) is 4.67 Å². The molecule has 1 aromatic heterocycles. The van der Waals surface area contributed by atoms with Crippen LogP contribution in [0.1, 0.15) is 25.5 Å². The normalized spacial score (nSPS) is 21.7. The van der Waals surface area contributed by atoms with E-state index < -0.39 is 0 Å². The Bertz CT molecular complexity index is 289. The van der Waals surface area contributed by atoms with Gasteiger partial charge < -0.3 is 9.73 Å². The van der Waals surface area contributed by atoms with Gasteiger partial charge in [0.2, 0.25) is 0 Å². The SMILES string of the molecule is CC1(c2ccc(Br)o2)CCNCC1. The molecule has 3 heteroatoms. The van der Waals surface area contributed by atoms with Crippen LogP contribution < -0.4 is 5.32 Å². The lowest BCUT2D eigenvalue weighted by Gasteiger charge is -2.31. The van der Waals surface area contributed by atoms with Gasteiger partial charge in [-0.15, -0.1) is 0 Å². The first-order valence-corrected chi connectivity index (χ1v) is 5.47. The molecule has 0 unspecified atom stereocenters. The van der Waals surface area contributed by atoms with E-state index in [0.29, 0.717) is 0 Å². The lowest BCUT2D eigenvalue weighted by molar-refractivity contribution is 0.275. The van der Waals surface area contributed by atoms with Crippen LogP contribution in [0.3, 0.4) is 0 Å². The van der Waals surface area contributed by atoms with Gasteiger partial charge in [0.25, 0.3) is 0 Å². The Morgan fingerprint density at radius 1 is 1.38 bits per heavy atom. The van der Waals surface area contributed by atoms with Crippen LogP contribution in [0.5, 0.6) is 0 Å². The van der Waals surface area contributed by atoms with Gasteiger partial charge in [-0.25, -0.2) is 0 Å². The number of halogens is 1. The molecule has 2 heterocycles. The minimum absolute atomic E-state index is 0.233. The van der Waals surface area contributed by atoms with Crippen molar-refractivity contribution in [2.75, 3.05) is 13.1 Å². The molecule has 1 aliphatic rings. The summed E-state index contributed by atoms with van der Waals surface area (Å²) in [6, 6.07) is 4.05. The van der Waals surface area contributed by atoms with Crippen molar-refractivity contribution >= 4 is 15.9 Å². The van der Waals surface area contributed by atoms with Crippen LogP contribution in [0.15, 0.2) is 21.2 Å². The monoisotopic (exact) mass is 243 g/mol. The van der Waals surface area contributed by atoms with E-state index in [1.165, 1.54) is 0 Å². The predicted molar refractivity (Wildman–Crippen MR) is 55.9 cm³/mol. The van der Waals surface area contributed by atoms with Gasteiger partial charge in [0.05, 0.1) is 0 Å². The molecule has 1 N–H and O–H groups in total. The van der Waals surface area contributed by atoms with Crippen molar-refractivity contribution in [2.45, 2.75) is 25.2 Å². The molecule has 0 aliphatic carbocycles. The van der Waals surface area contributed by atoms with E-state index >= 15 is 0 Å². The third-order valence-corrected chi connectivity index (χ3v) is 3.30. The first kappa shape index (κ1) is 9.28. The molecular weight excluding hydrogens is 230 g/mol. The predicted octanol–water partition coefficient (Wildman–Crippen LogP) is 2.68. The zero-order valence-electron chi connectivity index (χ0n) is 7.77. The van der Waals surface area contributed by atoms with Crippen molar-refractivity contribution < 1.29 is 4.42 Å². The second-order valence-corrected chi connectivity index (χ2v) is 4.70. The van der Waals surface area contributed by atoms with Crippen molar-refractivity contribution in [2.24, 2.45) is 0 Å². The van der Waals surface area contributed by atoms with Gasteiger partial charge in [-0.1, -0.05) is 6.92 Å². The molecule has 0 spiro atoms. The fraction of sp³-hybridized carbons (Fsp3) is 0.600. The summed E-state index contributed by atoms with van der Waals surface area (Å²) in [4.78, 5) is 0. The standard InChI is InChI=1S/C10H14BrNO/c1-10(4-6-12-7-5-10)8-2-3-9(11)13-8/h2-3,12H,4-7H2,1H3. The zero-order chi connectivity index (χ0) is 9.31. The number of hydrogen-bond donors (Lipinski definition) is 1. The van der Waals surface area contributed by atoms with E-state index in [-0.39, 0.29) is 5.41 Å². The molecule has 1 aliphatic heterocycles. The minimum Gasteiger partial charge on any atom is -0.454 e. The fourth-order valence-electron chi connectivity index (χ4n) is 1.86. The van der Waals surface area contributed by atoms with E-state index in [1.807, 2.05) is 6.07 Å². The number of piperidine rings is 1. The molecule has 1 fully saturated rings. The van der Waals surface area contributed by atoms with Gasteiger partial charge in [-0.3, -0.25) is 0 Å². The molecule has 1 saturated heterocycles. The summed E-state index contributed by atoms with van der Waals surface area (Å²) in [6.07, 6.45) is 2.32. The van der Waals surface area contributed by atoms with Crippen LogP contribution in [-0.4, -0.2) is 13.1 Å². The van der Waals surface area contributed by atoms with Crippen LogP contribution in [0.25, 0.3) is 0 Å². The van der Waals surface area contributed by atoms with E-state index in [9.17, 15) is 0 Å². The summed E-state index contributed by atoms with van der Waals surface area (Å²) in [6.45, 7) is 4.46. The van der Waals surface area contributed by atoms with Crippen LogP contribution in [-0.2, 0) is 5.41 Å². The summed E-state index contributed by atoms with van der Waals surface area (Å²) in [7, 11) is 0. The maximum Gasteiger partial charge on any atom is 0.169 e. The van der Waals surface area contributed by atoms with Gasteiger partial charge in [-0.05, 0) is 54.0 Å². The molecule has 1 aromatic rings. The minimum atomic E-state index is 0.233. The molecule has 0 radical (unpaired) electrons. The molecule has 2 nitrogen and oxygen atoms in total. The van der Waals surface area contributed by atoms with Crippen LogP contribution in [0.2, 0.25) is 0 Å². The Hall–Kier alpha value is -0.280. The molecule has 2 rings (SSSR count). The number of rotatable bonds is 1. The third kappa shape index (κ3) is 1.81. The highest BCUT2D eigenvalue weighted by molar-refractivity contribution is 9.10. The average molecular weight is 244 g/mol. The highest BCUT2D eigenvalue weighted by atomic mass is 79.9. The van der Waals surface area contributed by atoms with E-state index in [2.05, 4.69) is 34.2 Å². The summed E-state index contributed by atoms with van der Waals surface area (Å²) >= 11 is 3.34. The van der Waals surface area contributed by atoms with Crippen molar-refractivity contribution in [3.63, 3.8) is 0 Å². The third-order valence-electron chi connectivity index (χ3n) is 2.88. The Morgan fingerprint density at radius 3 is 2.62 bits per heavy atom. The number of hydrogen-bond acceptors (Lipinski definition) is 2. The van der Waals surface area contributed by atoms with E-state index in [1.54, 1.807) is 0 Å². The molecule has 72 valence electrons. The summed E-state index contributed by atoms with van der Waals surface area (Å²) < 4.78 is 6.45. The first-order chi connectivity index (χ1) is 6.21. The second kappa shape index (κ2) is 3.46. The largest absolute Gasteiger partial charge is 0.454 e. The van der Waals surface area contributed by atoms with Gasteiger partial charge >= 0.3 is 0 Å². The molecule has 13 heavy (non-hydrogen) atoms. The lowest BCUT2D eigenvalue weighted by Crippen LogP contribution is -2.37. The fourth-order valence-corrected chi connectivity index (χ4v) is 2.17. The van der Waals surface area contributed by atoms with Crippen molar-refractivity contribution in [1.29, 1.82) is 0 Å². The van der Waals surface area contributed by atoms with Crippen LogP contribution in [0.4, 0.5) is 0 Å². The van der Waals surface area contributed by atoms with Gasteiger partial charge in [0.1, 0.15) is 5.76 Å². The average Bonchev–Trinajstić information content (AvgIpc) is 2.54. The quantitative estimate of drug-likeness (QED) is 0.821. The molecular formula is C10H14BrNO. The Balaban J connectivity index is 2.22.